The fourth-order valence-electron chi connectivity index (χ4n) is 4.22. The molecule has 2 aliphatic heterocycles. The molecular weight excluding hydrogens is 562 g/mol. The number of carbonyl (C=O) groups is 7. The van der Waals surface area contributed by atoms with E-state index in [4.69, 9.17) is 9.94 Å². The Morgan fingerprint density at radius 2 is 1.45 bits per heavy atom. The third-order valence-electron chi connectivity index (χ3n) is 6.79. The predicted molar refractivity (Wildman–Crippen MR) is 138 cm³/mol. The second-order valence-electron chi connectivity index (χ2n) is 10.0. The lowest BCUT2D eigenvalue weighted by atomic mass is 9.94. The number of hydroxylamine groups is 2. The molecular formula is C26H37N3O13. The van der Waals surface area contributed by atoms with Crippen molar-refractivity contribution in [1.29, 1.82) is 0 Å². The highest BCUT2D eigenvalue weighted by Crippen LogP contribution is 2.20. The van der Waals surface area contributed by atoms with Crippen molar-refractivity contribution in [3.8, 4) is 0 Å². The topological polar surface area (TPSA) is 248 Å². The first-order valence-electron chi connectivity index (χ1n) is 13.6. The highest BCUT2D eigenvalue weighted by atomic mass is 16.7. The van der Waals surface area contributed by atoms with Crippen molar-refractivity contribution in [1.82, 2.24) is 15.3 Å². The Balaban J connectivity index is 1.86. The van der Waals surface area contributed by atoms with Crippen molar-refractivity contribution in [2.24, 2.45) is 5.92 Å². The molecule has 0 unspecified atom stereocenters. The average Bonchev–Trinajstić information content (AvgIpc) is 3.46. The zero-order valence-corrected chi connectivity index (χ0v) is 22.9. The Morgan fingerprint density at radius 3 is 2.05 bits per heavy atom. The minimum absolute atomic E-state index is 0.0454. The Morgan fingerprint density at radius 1 is 0.857 bits per heavy atom. The number of nitrogens with zero attached hydrogens (tertiary/aromatic N) is 2. The lowest BCUT2D eigenvalue weighted by molar-refractivity contribution is -0.201. The van der Waals surface area contributed by atoms with Gasteiger partial charge in [0, 0.05) is 57.3 Å². The number of imide groups is 2. The van der Waals surface area contributed by atoms with Gasteiger partial charge in [-0.1, -0.05) is 6.42 Å². The van der Waals surface area contributed by atoms with Gasteiger partial charge in [-0.3, -0.25) is 33.7 Å². The van der Waals surface area contributed by atoms with Crippen LogP contribution in [-0.4, -0.2) is 121 Å². The van der Waals surface area contributed by atoms with Crippen molar-refractivity contribution in [3.63, 3.8) is 0 Å². The molecule has 1 saturated heterocycles. The number of amides is 5. The molecule has 16 heteroatoms. The molecule has 234 valence electrons. The lowest BCUT2D eigenvalue weighted by Gasteiger charge is -2.25. The lowest BCUT2D eigenvalue weighted by Crippen LogP contribution is -2.49. The summed E-state index contributed by atoms with van der Waals surface area (Å²) in [6, 6.07) is 0. The van der Waals surface area contributed by atoms with Crippen LogP contribution in [0.15, 0.2) is 12.2 Å². The Hall–Kier alpha value is -3.57. The summed E-state index contributed by atoms with van der Waals surface area (Å²) >= 11 is 0. The number of nitrogens with one attached hydrogen (secondary N) is 1. The minimum atomic E-state index is -1.89. The summed E-state index contributed by atoms with van der Waals surface area (Å²) in [5, 5.41) is 50.2. The van der Waals surface area contributed by atoms with E-state index in [0.29, 0.717) is 24.3 Å². The van der Waals surface area contributed by atoms with Crippen molar-refractivity contribution in [2.75, 3.05) is 19.7 Å². The van der Waals surface area contributed by atoms with E-state index in [1.165, 1.54) is 12.2 Å². The van der Waals surface area contributed by atoms with Crippen molar-refractivity contribution in [3.05, 3.63) is 12.2 Å². The minimum Gasteiger partial charge on any atom is -0.394 e. The fraction of sp³-hybridized carbons (Fsp3) is 0.654. The first-order valence-corrected chi connectivity index (χ1v) is 13.6. The summed E-state index contributed by atoms with van der Waals surface area (Å²) in [5.74, 6) is -5.58. The number of aliphatic hydroxyl groups is 5. The molecule has 5 atom stereocenters. The highest BCUT2D eigenvalue weighted by Gasteiger charge is 2.36. The normalized spacial score (nSPS) is 18.7. The standard InChI is InChI=1S/C26H37N3O13/c30-14-18(33)25(40)24(39)17(32)13-27-19(34)6-5-15(26(41)42-29-22(37)9-10-23(29)38)12-16(31)4-2-1-3-11-28-20(35)7-8-21(28)36/h7-8,15,17-18,24-25,30,32-33,39-40H,1-6,9-14H2,(H,27,34)/t15-,17+,18-,24-,25-/m1/s1. The number of hydrogen-bond acceptors (Lipinski definition) is 13. The number of ketones is 1. The molecule has 0 aliphatic carbocycles. The molecule has 1 fully saturated rings. The van der Waals surface area contributed by atoms with Crippen molar-refractivity contribution < 1.29 is 63.9 Å². The van der Waals surface area contributed by atoms with Crippen LogP contribution in [0.5, 0.6) is 0 Å². The van der Waals surface area contributed by atoms with E-state index in [1.54, 1.807) is 0 Å². The van der Waals surface area contributed by atoms with Gasteiger partial charge < -0.3 is 35.7 Å². The van der Waals surface area contributed by atoms with E-state index in [0.717, 1.165) is 4.90 Å². The Labute approximate surface area is 240 Å². The van der Waals surface area contributed by atoms with Crippen LogP contribution in [0.1, 0.15) is 57.8 Å². The third-order valence-corrected chi connectivity index (χ3v) is 6.79. The van der Waals surface area contributed by atoms with E-state index < -0.39 is 79.0 Å². The molecule has 0 aromatic rings. The van der Waals surface area contributed by atoms with Crippen molar-refractivity contribution >= 4 is 41.3 Å². The van der Waals surface area contributed by atoms with E-state index in [9.17, 15) is 54.0 Å². The molecule has 42 heavy (non-hydrogen) atoms. The second kappa shape index (κ2) is 16.8. The third kappa shape index (κ3) is 10.4. The summed E-state index contributed by atoms with van der Waals surface area (Å²) < 4.78 is 0. The van der Waals surface area contributed by atoms with Gasteiger partial charge in [0.05, 0.1) is 18.6 Å². The predicted octanol–water partition coefficient (Wildman–Crippen LogP) is -3.01. The number of rotatable bonds is 19. The maximum absolute atomic E-state index is 12.8. The molecule has 0 spiro atoms. The molecule has 5 amide bonds. The van der Waals surface area contributed by atoms with Crippen LogP contribution in [-0.2, 0) is 38.4 Å². The summed E-state index contributed by atoms with van der Waals surface area (Å²) in [7, 11) is 0. The van der Waals surface area contributed by atoms with Crippen molar-refractivity contribution in [2.45, 2.75) is 82.2 Å². The molecule has 0 radical (unpaired) electrons. The fourth-order valence-corrected chi connectivity index (χ4v) is 4.22. The van der Waals surface area contributed by atoms with Gasteiger partial charge in [-0.25, -0.2) is 4.79 Å². The Kier molecular flexibility index (Phi) is 13.8. The maximum Gasteiger partial charge on any atom is 0.336 e. The SMILES string of the molecule is O=C(CCCCCN1C(=O)C=CC1=O)C[C@@H](CCC(=O)NC[C@H](O)[C@@H](O)[C@H](O)[C@H](O)CO)C(=O)ON1C(=O)CCC1=O. The molecule has 16 nitrogen and oxygen atoms in total. The molecule has 2 aliphatic rings. The monoisotopic (exact) mass is 599 g/mol. The van der Waals surface area contributed by atoms with Gasteiger partial charge in [0.2, 0.25) is 5.91 Å². The smallest absolute Gasteiger partial charge is 0.336 e. The maximum atomic E-state index is 12.8. The molecule has 0 saturated carbocycles. The van der Waals surface area contributed by atoms with Crippen LogP contribution < -0.4 is 5.32 Å². The average molecular weight is 600 g/mol. The molecule has 2 heterocycles. The number of aliphatic hydroxyl groups excluding tert-OH is 5. The quantitative estimate of drug-likeness (QED) is 0.0640. The van der Waals surface area contributed by atoms with Gasteiger partial charge in [-0.2, -0.15) is 0 Å². The van der Waals surface area contributed by atoms with Crippen LogP contribution in [0.4, 0.5) is 0 Å². The summed E-state index contributed by atoms with van der Waals surface area (Å²) in [5.41, 5.74) is 0. The first kappa shape index (κ1) is 34.6. The first-order chi connectivity index (χ1) is 19.8. The van der Waals surface area contributed by atoms with Gasteiger partial charge in [-0.05, 0) is 19.3 Å². The summed E-state index contributed by atoms with van der Waals surface area (Å²) in [6.45, 7) is -1.22. The zero-order chi connectivity index (χ0) is 31.4. The van der Waals surface area contributed by atoms with Crippen LogP contribution in [0.2, 0.25) is 0 Å². The van der Waals surface area contributed by atoms with Crippen LogP contribution in [0.3, 0.4) is 0 Å². The molecule has 0 bridgehead atoms. The van der Waals surface area contributed by atoms with Gasteiger partial charge in [0.1, 0.15) is 24.1 Å². The van der Waals surface area contributed by atoms with Crippen LogP contribution in [0, 0.1) is 5.92 Å². The molecule has 0 aromatic heterocycles. The van der Waals surface area contributed by atoms with E-state index in [2.05, 4.69) is 5.32 Å². The number of unbranched alkanes of at least 4 members (excludes halogenated alkanes) is 2. The number of hydrogen-bond donors (Lipinski definition) is 6. The number of carbonyl (C=O) groups excluding carboxylic acids is 7. The molecule has 0 aromatic carbocycles. The number of Topliss-reactive ketones (excluding diaryl/α,β-unsaturated/α-hetero) is 1. The Bertz CT molecular complexity index is 1030. The van der Waals surface area contributed by atoms with Gasteiger partial charge >= 0.3 is 5.97 Å². The highest BCUT2D eigenvalue weighted by molar-refractivity contribution is 6.12. The van der Waals surface area contributed by atoms with Gasteiger partial charge in [-0.15, -0.1) is 5.06 Å². The second-order valence-corrected chi connectivity index (χ2v) is 10.0. The van der Waals surface area contributed by atoms with E-state index in [1.807, 2.05) is 0 Å². The molecule has 6 N–H and O–H groups in total. The van der Waals surface area contributed by atoms with E-state index in [-0.39, 0.29) is 50.9 Å². The molecule has 2 rings (SSSR count). The van der Waals surface area contributed by atoms with Crippen LogP contribution >= 0.6 is 0 Å². The van der Waals surface area contributed by atoms with Gasteiger partial charge in [0.25, 0.3) is 23.6 Å². The summed E-state index contributed by atoms with van der Waals surface area (Å²) in [6.07, 6.45) is -4.67. The van der Waals surface area contributed by atoms with E-state index >= 15 is 0 Å². The zero-order valence-electron chi connectivity index (χ0n) is 22.9. The summed E-state index contributed by atoms with van der Waals surface area (Å²) in [4.78, 5) is 90.6. The largest absolute Gasteiger partial charge is 0.394 e. The van der Waals surface area contributed by atoms with Crippen LogP contribution in [0.25, 0.3) is 0 Å². The van der Waals surface area contributed by atoms with Gasteiger partial charge in [0.15, 0.2) is 0 Å².